The normalized spacial score (nSPS) is 20.7. The first-order valence-corrected chi connectivity index (χ1v) is 14.7. The number of amides is 3. The zero-order valence-corrected chi connectivity index (χ0v) is 24.6. The molecule has 9 heteroatoms. The molecule has 2 bridgehead atoms. The molecule has 41 heavy (non-hydrogen) atoms. The second-order valence-electron chi connectivity index (χ2n) is 11.0. The Morgan fingerprint density at radius 2 is 1.73 bits per heavy atom. The third-order valence-corrected chi connectivity index (χ3v) is 7.51. The maximum absolute atomic E-state index is 12.8. The maximum Gasteiger partial charge on any atom is 0.242 e. The van der Waals surface area contributed by atoms with Crippen LogP contribution in [0.2, 0.25) is 0 Å². The van der Waals surface area contributed by atoms with Crippen LogP contribution in [0.25, 0.3) is 0 Å². The fourth-order valence-electron chi connectivity index (χ4n) is 5.03. The first-order valence-electron chi connectivity index (χ1n) is 14.7. The molecular weight excluding hydrogens is 523 g/mol. The van der Waals surface area contributed by atoms with Crippen molar-refractivity contribution in [2.75, 3.05) is 27.2 Å². The minimum atomic E-state index is -0.610. The molecule has 1 aliphatic carbocycles. The number of likely N-dealkylation sites (N-methyl/N-ethyl adjacent to an activating group) is 1. The van der Waals surface area contributed by atoms with Crippen molar-refractivity contribution in [2.45, 2.75) is 82.8 Å². The number of halogens is 1. The summed E-state index contributed by atoms with van der Waals surface area (Å²) in [6, 6.07) is 13.5. The molecular formula is C32H45FN4O4. The third-order valence-electron chi connectivity index (χ3n) is 7.51. The Morgan fingerprint density at radius 1 is 1.02 bits per heavy atom. The minimum Gasteiger partial charge on any atom is -0.494 e. The molecule has 3 amide bonds. The number of nitrogens with zero attached hydrogens (tertiary/aromatic N) is 1. The largest absolute Gasteiger partial charge is 0.494 e. The van der Waals surface area contributed by atoms with Crippen molar-refractivity contribution in [2.24, 2.45) is 0 Å². The number of carbonyl (C=O) groups is 3. The van der Waals surface area contributed by atoms with Crippen molar-refractivity contribution in [3.8, 4) is 5.75 Å². The van der Waals surface area contributed by atoms with Crippen molar-refractivity contribution in [3.63, 3.8) is 0 Å². The molecule has 0 radical (unpaired) electrons. The number of rotatable bonds is 4. The van der Waals surface area contributed by atoms with Gasteiger partial charge in [0.15, 0.2) is 0 Å². The number of hydrogen-bond donors (Lipinski definition) is 3. The van der Waals surface area contributed by atoms with Crippen molar-refractivity contribution >= 4 is 17.7 Å². The van der Waals surface area contributed by atoms with Crippen LogP contribution in [0.3, 0.4) is 0 Å². The summed E-state index contributed by atoms with van der Waals surface area (Å²) in [5.74, 6) is -0.107. The van der Waals surface area contributed by atoms with Gasteiger partial charge in [0.2, 0.25) is 17.7 Å². The van der Waals surface area contributed by atoms with E-state index in [2.05, 4.69) is 16.0 Å². The molecule has 2 atom stereocenters. The van der Waals surface area contributed by atoms with Crippen LogP contribution in [0.5, 0.6) is 5.75 Å². The quantitative estimate of drug-likeness (QED) is 0.522. The Hall–Kier alpha value is -3.46. The summed E-state index contributed by atoms with van der Waals surface area (Å²) >= 11 is 0. The average Bonchev–Trinajstić information content (AvgIpc) is 3.47. The molecule has 2 aliphatic rings. The molecule has 0 spiro atoms. The zero-order chi connectivity index (χ0) is 29.6. The summed E-state index contributed by atoms with van der Waals surface area (Å²) in [6.07, 6.45) is 7.76. The summed E-state index contributed by atoms with van der Waals surface area (Å²) in [7, 11) is 3.68. The monoisotopic (exact) mass is 568 g/mol. The smallest absolute Gasteiger partial charge is 0.242 e. The molecule has 4 rings (SSSR count). The van der Waals surface area contributed by atoms with Crippen LogP contribution >= 0.6 is 0 Å². The van der Waals surface area contributed by atoms with Crippen LogP contribution < -0.4 is 20.7 Å². The van der Waals surface area contributed by atoms with E-state index in [1.807, 2.05) is 50.2 Å². The van der Waals surface area contributed by atoms with Gasteiger partial charge in [0, 0.05) is 6.04 Å². The maximum atomic E-state index is 12.8. The van der Waals surface area contributed by atoms with Gasteiger partial charge in [-0.2, -0.15) is 0 Å². The number of carbonyl (C=O) groups excluding carboxylic acids is 3. The number of ether oxygens (including phenoxy) is 1. The highest BCUT2D eigenvalue weighted by Gasteiger charge is 2.26. The van der Waals surface area contributed by atoms with Crippen molar-refractivity contribution in [1.29, 1.82) is 0 Å². The van der Waals surface area contributed by atoms with Crippen LogP contribution in [0, 0.1) is 5.82 Å². The van der Waals surface area contributed by atoms with E-state index < -0.39 is 12.1 Å². The highest BCUT2D eigenvalue weighted by atomic mass is 19.1. The van der Waals surface area contributed by atoms with Crippen LogP contribution in [0.4, 0.5) is 4.39 Å². The van der Waals surface area contributed by atoms with Crippen molar-refractivity contribution in [1.82, 2.24) is 20.9 Å². The fourth-order valence-corrected chi connectivity index (χ4v) is 5.03. The van der Waals surface area contributed by atoms with E-state index in [0.717, 1.165) is 56.3 Å². The standard InChI is InChI=1S/C24H36N4O4.C8H9F/c1-28(2)21-15-17-8-7-11-19(14-17)32-13-6-5-12-20(27-22(29)16-25-24(21)31)23(30)26-18-9-3-4-10-18;1-2-7-3-5-8(9)6-4-7/h7-8,11,14,18,20-21H,3-6,9-10,12-13,15-16H2,1-2H3,(H,25,31)(H,26,30)(H,27,29);3-6H,2H2,1H3. The molecule has 1 saturated carbocycles. The molecule has 0 aromatic heterocycles. The average molecular weight is 569 g/mol. The van der Waals surface area contributed by atoms with Gasteiger partial charge in [0.25, 0.3) is 0 Å². The van der Waals surface area contributed by atoms with Gasteiger partial charge >= 0.3 is 0 Å². The summed E-state index contributed by atoms with van der Waals surface area (Å²) in [6.45, 7) is 2.43. The van der Waals surface area contributed by atoms with E-state index >= 15 is 0 Å². The molecule has 1 aliphatic heterocycles. The van der Waals surface area contributed by atoms with Crippen LogP contribution in [0.1, 0.15) is 63.0 Å². The predicted molar refractivity (Wildman–Crippen MR) is 158 cm³/mol. The summed E-state index contributed by atoms with van der Waals surface area (Å²) in [5, 5.41) is 8.63. The van der Waals surface area contributed by atoms with E-state index in [1.165, 1.54) is 17.7 Å². The highest BCUT2D eigenvalue weighted by molar-refractivity contribution is 5.91. The lowest BCUT2D eigenvalue weighted by atomic mass is 10.0. The second-order valence-corrected chi connectivity index (χ2v) is 11.0. The van der Waals surface area contributed by atoms with Gasteiger partial charge in [-0.3, -0.25) is 19.3 Å². The van der Waals surface area contributed by atoms with E-state index in [4.69, 9.17) is 4.74 Å². The minimum absolute atomic E-state index is 0.141. The van der Waals surface area contributed by atoms with E-state index in [1.54, 1.807) is 12.1 Å². The first-order chi connectivity index (χ1) is 19.7. The Kier molecular flexibility index (Phi) is 13.1. The summed E-state index contributed by atoms with van der Waals surface area (Å²) in [5.41, 5.74) is 2.17. The fraction of sp³-hybridized carbons (Fsp3) is 0.531. The van der Waals surface area contributed by atoms with Gasteiger partial charge in [0.1, 0.15) is 17.6 Å². The van der Waals surface area contributed by atoms with Gasteiger partial charge in [-0.05, 0) is 94.4 Å². The van der Waals surface area contributed by atoms with Crippen molar-refractivity contribution in [3.05, 3.63) is 65.5 Å². The summed E-state index contributed by atoms with van der Waals surface area (Å²) in [4.78, 5) is 40.0. The molecule has 2 unspecified atom stereocenters. The lowest BCUT2D eigenvalue weighted by Crippen LogP contribution is -2.52. The summed E-state index contributed by atoms with van der Waals surface area (Å²) < 4.78 is 18.1. The molecule has 2 aromatic rings. The number of benzene rings is 2. The Bertz CT molecular complexity index is 1120. The topological polar surface area (TPSA) is 99.8 Å². The molecule has 224 valence electrons. The Balaban J connectivity index is 0.000000436. The Morgan fingerprint density at radius 3 is 2.41 bits per heavy atom. The van der Waals surface area contributed by atoms with E-state index in [0.29, 0.717) is 19.4 Å². The predicted octanol–water partition coefficient (Wildman–Crippen LogP) is 3.77. The van der Waals surface area contributed by atoms with Gasteiger partial charge in [-0.25, -0.2) is 4.39 Å². The lowest BCUT2D eigenvalue weighted by molar-refractivity contribution is -0.131. The second kappa shape index (κ2) is 16.7. The van der Waals surface area contributed by atoms with E-state index in [-0.39, 0.29) is 36.1 Å². The lowest BCUT2D eigenvalue weighted by Gasteiger charge is -2.25. The van der Waals surface area contributed by atoms with Gasteiger partial charge < -0.3 is 20.7 Å². The molecule has 2 aromatic carbocycles. The number of hydrogen-bond acceptors (Lipinski definition) is 5. The molecule has 1 heterocycles. The molecule has 8 nitrogen and oxygen atoms in total. The van der Waals surface area contributed by atoms with Gasteiger partial charge in [0.05, 0.1) is 19.2 Å². The van der Waals surface area contributed by atoms with E-state index in [9.17, 15) is 18.8 Å². The molecule has 3 N–H and O–H groups in total. The highest BCUT2D eigenvalue weighted by Crippen LogP contribution is 2.19. The van der Waals surface area contributed by atoms with Crippen molar-refractivity contribution < 1.29 is 23.5 Å². The van der Waals surface area contributed by atoms with Crippen LogP contribution in [-0.4, -0.2) is 68.0 Å². The molecule has 1 fully saturated rings. The van der Waals surface area contributed by atoms with Gasteiger partial charge in [-0.1, -0.05) is 44.0 Å². The zero-order valence-electron chi connectivity index (χ0n) is 24.6. The molecule has 0 saturated heterocycles. The number of nitrogens with one attached hydrogen (secondary N) is 3. The number of aryl methyl sites for hydroxylation is 1. The van der Waals surface area contributed by atoms with Gasteiger partial charge in [-0.15, -0.1) is 0 Å². The SMILES string of the molecule is CCc1ccc(F)cc1.CN(C)C1Cc2cccc(c2)OCCCCC(C(=O)NC2CCCC2)NC(=O)CNC1=O. The third kappa shape index (κ3) is 11.1. The van der Waals surface area contributed by atoms with Crippen LogP contribution in [0.15, 0.2) is 48.5 Å². The Labute approximate surface area is 243 Å². The van der Waals surface area contributed by atoms with Crippen LogP contribution in [-0.2, 0) is 27.2 Å². The first kappa shape index (κ1) is 32.1. The number of fused-ring (bicyclic) bond motifs is 2.